The number of hydrogen-bond acceptors (Lipinski definition) is 4. The van der Waals surface area contributed by atoms with Crippen LogP contribution in [0.4, 0.5) is 0 Å². The summed E-state index contributed by atoms with van der Waals surface area (Å²) in [5, 5.41) is 2.44. The van der Waals surface area contributed by atoms with E-state index in [1.54, 1.807) is 26.2 Å². The van der Waals surface area contributed by atoms with Gasteiger partial charge in [0.25, 0.3) is 15.0 Å². The maximum atomic E-state index is 12.0. The molecule has 0 saturated heterocycles. The summed E-state index contributed by atoms with van der Waals surface area (Å²) in [4.78, 5) is 11.8. The van der Waals surface area contributed by atoms with Crippen molar-refractivity contribution in [2.24, 2.45) is 0 Å². The molecule has 20 heavy (non-hydrogen) atoms. The van der Waals surface area contributed by atoms with Crippen molar-refractivity contribution in [3.8, 4) is 0 Å². The molecular formula is C12H16ClNO4S2. The van der Waals surface area contributed by atoms with E-state index in [-0.39, 0.29) is 22.3 Å². The Bertz CT molecular complexity index is 643. The summed E-state index contributed by atoms with van der Waals surface area (Å²) in [6.07, 6.45) is 1.56. The van der Waals surface area contributed by atoms with E-state index in [1.807, 2.05) is 0 Å². The van der Waals surface area contributed by atoms with Crippen LogP contribution in [0.1, 0.15) is 22.8 Å². The lowest BCUT2D eigenvalue weighted by atomic mass is 10.1. The minimum Gasteiger partial charge on any atom is -0.351 e. The van der Waals surface area contributed by atoms with Gasteiger partial charge in [0.2, 0.25) is 0 Å². The van der Waals surface area contributed by atoms with Crippen molar-refractivity contribution in [3.63, 3.8) is 0 Å². The topological polar surface area (TPSA) is 80.3 Å². The van der Waals surface area contributed by atoms with Crippen molar-refractivity contribution >= 4 is 36.4 Å². The Hall–Kier alpha value is -0.920. The molecule has 0 aromatic heterocycles. The van der Waals surface area contributed by atoms with Gasteiger partial charge in [0, 0.05) is 45.1 Å². The van der Waals surface area contributed by atoms with E-state index in [9.17, 15) is 17.4 Å². The Balaban J connectivity index is 2.94. The minimum absolute atomic E-state index is 0.114. The van der Waals surface area contributed by atoms with Crippen molar-refractivity contribution in [2.45, 2.75) is 24.0 Å². The number of hydrogen-bond donors (Lipinski definition) is 1. The minimum atomic E-state index is -3.88. The van der Waals surface area contributed by atoms with Gasteiger partial charge in [-0.15, -0.1) is 0 Å². The first kappa shape index (κ1) is 17.1. The normalized spacial score (nSPS) is 14.6. The van der Waals surface area contributed by atoms with Gasteiger partial charge in [-0.05, 0) is 37.6 Å². The zero-order valence-corrected chi connectivity index (χ0v) is 13.7. The highest BCUT2D eigenvalue weighted by atomic mass is 35.7. The van der Waals surface area contributed by atoms with Crippen molar-refractivity contribution in [2.75, 3.05) is 12.8 Å². The van der Waals surface area contributed by atoms with Gasteiger partial charge < -0.3 is 5.32 Å². The summed E-state index contributed by atoms with van der Waals surface area (Å²) in [6, 6.07) is 4.18. The molecule has 0 fully saturated rings. The molecule has 1 amide bonds. The Kier molecular flexibility index (Phi) is 5.73. The molecule has 1 rings (SSSR count). The summed E-state index contributed by atoms with van der Waals surface area (Å²) in [6.45, 7) is 3.67. The number of carbonyl (C=O) groups excluding carboxylic acids is 1. The molecule has 0 spiro atoms. The number of benzene rings is 1. The van der Waals surface area contributed by atoms with Crippen LogP contribution in [0.25, 0.3) is 0 Å². The number of halogens is 1. The lowest BCUT2D eigenvalue weighted by molar-refractivity contribution is 0.0954. The predicted molar refractivity (Wildman–Crippen MR) is 80.1 cm³/mol. The quantitative estimate of drug-likeness (QED) is 0.824. The first-order chi connectivity index (χ1) is 9.11. The number of amides is 1. The molecule has 8 heteroatoms. The van der Waals surface area contributed by atoms with Crippen LogP contribution < -0.4 is 5.32 Å². The molecule has 1 aromatic carbocycles. The van der Waals surface area contributed by atoms with Gasteiger partial charge in [-0.2, -0.15) is 0 Å². The fourth-order valence-corrected chi connectivity index (χ4v) is 2.66. The summed E-state index contributed by atoms with van der Waals surface area (Å²) in [5.41, 5.74) is 0.822. The fraction of sp³-hybridized carbons (Fsp3) is 0.417. The van der Waals surface area contributed by atoms with Crippen LogP contribution in [0.3, 0.4) is 0 Å². The van der Waals surface area contributed by atoms with Crippen LogP contribution in [0.15, 0.2) is 23.1 Å². The van der Waals surface area contributed by atoms with Gasteiger partial charge >= 0.3 is 0 Å². The Labute approximate surface area is 125 Å². The van der Waals surface area contributed by atoms with E-state index in [0.717, 1.165) is 0 Å². The molecule has 0 heterocycles. The molecule has 5 nitrogen and oxygen atoms in total. The van der Waals surface area contributed by atoms with Gasteiger partial charge in [0.15, 0.2) is 0 Å². The third-order valence-electron chi connectivity index (χ3n) is 2.71. The summed E-state index contributed by atoms with van der Waals surface area (Å²) in [7, 11) is 0.356. The Morgan fingerprint density at radius 1 is 1.40 bits per heavy atom. The molecule has 0 aliphatic rings. The second-order valence-electron chi connectivity index (χ2n) is 4.49. The first-order valence-corrected chi connectivity index (χ1v) is 9.71. The van der Waals surface area contributed by atoms with Gasteiger partial charge in [-0.25, -0.2) is 8.42 Å². The SMILES string of the molecule is Cc1cc(C(=O)NCC(C)S(C)=O)cc(S(=O)(=O)Cl)c1. The third kappa shape index (κ3) is 4.88. The highest BCUT2D eigenvalue weighted by Gasteiger charge is 2.15. The molecule has 2 unspecified atom stereocenters. The maximum absolute atomic E-state index is 12.0. The van der Waals surface area contributed by atoms with Gasteiger partial charge in [-0.3, -0.25) is 9.00 Å². The summed E-state index contributed by atoms with van der Waals surface area (Å²) >= 11 is 0. The van der Waals surface area contributed by atoms with Crippen LogP contribution >= 0.6 is 10.7 Å². The van der Waals surface area contributed by atoms with E-state index in [4.69, 9.17) is 10.7 Å². The highest BCUT2D eigenvalue weighted by Crippen LogP contribution is 2.18. The molecule has 1 aromatic rings. The van der Waals surface area contributed by atoms with Crippen molar-refractivity contribution in [3.05, 3.63) is 29.3 Å². The Morgan fingerprint density at radius 3 is 2.50 bits per heavy atom. The predicted octanol–water partition coefficient (Wildman–Crippen LogP) is 1.42. The fourth-order valence-electron chi connectivity index (χ4n) is 1.48. The first-order valence-electron chi connectivity index (χ1n) is 5.78. The second-order valence-corrected chi connectivity index (χ2v) is 8.86. The number of nitrogens with one attached hydrogen (secondary N) is 1. The molecule has 0 radical (unpaired) electrons. The average Bonchev–Trinajstić information content (AvgIpc) is 2.33. The van der Waals surface area contributed by atoms with Crippen LogP contribution in [-0.2, 0) is 19.9 Å². The number of aryl methyl sites for hydroxylation is 1. The zero-order valence-electron chi connectivity index (χ0n) is 11.3. The van der Waals surface area contributed by atoms with E-state index in [1.165, 1.54) is 12.1 Å². The van der Waals surface area contributed by atoms with Crippen molar-refractivity contribution in [1.82, 2.24) is 5.32 Å². The van der Waals surface area contributed by atoms with Crippen LogP contribution in [0.2, 0.25) is 0 Å². The molecule has 0 aliphatic carbocycles. The highest BCUT2D eigenvalue weighted by molar-refractivity contribution is 8.13. The maximum Gasteiger partial charge on any atom is 0.261 e. The summed E-state index contributed by atoms with van der Waals surface area (Å²) in [5.74, 6) is -0.424. The van der Waals surface area contributed by atoms with Gasteiger partial charge in [0.1, 0.15) is 0 Å². The third-order valence-corrected chi connectivity index (χ3v) is 5.34. The molecular weight excluding hydrogens is 322 g/mol. The number of carbonyl (C=O) groups is 1. The second kappa shape index (κ2) is 6.69. The monoisotopic (exact) mass is 337 g/mol. The molecule has 2 atom stereocenters. The zero-order chi connectivity index (χ0) is 15.5. The van der Waals surface area contributed by atoms with Crippen LogP contribution in [0.5, 0.6) is 0 Å². The lowest BCUT2D eigenvalue weighted by Gasteiger charge is -2.11. The standard InChI is InChI=1S/C12H16ClNO4S2/c1-8-4-10(6-11(5-8)20(13,17)18)12(15)14-7-9(2)19(3)16/h4-6,9H,7H2,1-3H3,(H,14,15). The molecule has 0 bridgehead atoms. The van der Waals surface area contributed by atoms with E-state index >= 15 is 0 Å². The van der Waals surface area contributed by atoms with Crippen molar-refractivity contribution < 1.29 is 17.4 Å². The van der Waals surface area contributed by atoms with Crippen LogP contribution in [0, 0.1) is 6.92 Å². The van der Waals surface area contributed by atoms with E-state index < -0.39 is 25.8 Å². The lowest BCUT2D eigenvalue weighted by Crippen LogP contribution is -2.32. The summed E-state index contributed by atoms with van der Waals surface area (Å²) < 4.78 is 33.8. The molecule has 0 saturated carbocycles. The van der Waals surface area contributed by atoms with E-state index in [0.29, 0.717) is 5.56 Å². The smallest absolute Gasteiger partial charge is 0.261 e. The number of rotatable bonds is 5. The van der Waals surface area contributed by atoms with Gasteiger partial charge in [0.05, 0.1) is 4.90 Å². The largest absolute Gasteiger partial charge is 0.351 e. The molecule has 1 N–H and O–H groups in total. The Morgan fingerprint density at radius 2 is 2.00 bits per heavy atom. The average molecular weight is 338 g/mol. The molecule has 112 valence electrons. The van der Waals surface area contributed by atoms with Gasteiger partial charge in [-0.1, -0.05) is 0 Å². The molecule has 0 aliphatic heterocycles. The van der Waals surface area contributed by atoms with Crippen molar-refractivity contribution in [1.29, 1.82) is 0 Å². The van der Waals surface area contributed by atoms with Crippen LogP contribution in [-0.4, -0.2) is 36.6 Å². The van der Waals surface area contributed by atoms with E-state index in [2.05, 4.69) is 5.32 Å².